The maximum atomic E-state index is 5.67. The minimum atomic E-state index is 0.646. The van der Waals surface area contributed by atoms with Crippen LogP contribution in [0.4, 0.5) is 0 Å². The van der Waals surface area contributed by atoms with Gasteiger partial charge >= 0.3 is 0 Å². The van der Waals surface area contributed by atoms with Gasteiger partial charge < -0.3 is 19.5 Å². The molecule has 124 valence electrons. The van der Waals surface area contributed by atoms with Crippen LogP contribution < -0.4 is 19.5 Å². The third-order valence-electron chi connectivity index (χ3n) is 3.19. The molecule has 23 heavy (non-hydrogen) atoms. The van der Waals surface area contributed by atoms with Gasteiger partial charge in [0.2, 0.25) is 0 Å². The van der Waals surface area contributed by atoms with E-state index >= 15 is 0 Å². The molecule has 0 aliphatic heterocycles. The number of nitrogens with one attached hydrogen (secondary N) is 1. The van der Waals surface area contributed by atoms with Gasteiger partial charge in [0, 0.05) is 6.54 Å². The molecule has 0 bridgehead atoms. The summed E-state index contributed by atoms with van der Waals surface area (Å²) in [5.74, 6) is 2.66. The maximum absolute atomic E-state index is 5.67. The molecule has 1 N–H and O–H groups in total. The van der Waals surface area contributed by atoms with Crippen molar-refractivity contribution in [2.24, 2.45) is 0 Å². The Morgan fingerprint density at radius 2 is 1.30 bits per heavy atom. The summed E-state index contributed by atoms with van der Waals surface area (Å²) in [6.07, 6.45) is 0.970. The van der Waals surface area contributed by atoms with Gasteiger partial charge in [0.05, 0.1) is 13.2 Å². The zero-order valence-electron chi connectivity index (χ0n) is 13.7. The fourth-order valence-corrected chi connectivity index (χ4v) is 2.07. The molecule has 0 spiro atoms. The van der Waals surface area contributed by atoms with Crippen molar-refractivity contribution in [2.45, 2.75) is 13.3 Å². The quantitative estimate of drug-likeness (QED) is 0.644. The van der Waals surface area contributed by atoms with Gasteiger partial charge in [0.15, 0.2) is 0 Å². The van der Waals surface area contributed by atoms with Crippen LogP contribution in [-0.4, -0.2) is 32.9 Å². The lowest BCUT2D eigenvalue weighted by atomic mass is 10.3. The third kappa shape index (κ3) is 7.06. The molecule has 0 radical (unpaired) electrons. The van der Waals surface area contributed by atoms with Crippen LogP contribution in [0.2, 0.25) is 0 Å². The van der Waals surface area contributed by atoms with Gasteiger partial charge in [-0.25, -0.2) is 0 Å². The van der Waals surface area contributed by atoms with Crippen molar-refractivity contribution in [3.63, 3.8) is 0 Å². The molecule has 0 atom stereocenters. The lowest BCUT2D eigenvalue weighted by molar-refractivity contribution is 0.294. The molecule has 2 aromatic rings. The maximum Gasteiger partial charge on any atom is 0.119 e. The van der Waals surface area contributed by atoms with Gasteiger partial charge in [-0.1, -0.05) is 18.2 Å². The van der Waals surface area contributed by atoms with Crippen LogP contribution in [0, 0.1) is 0 Å². The molecule has 2 aromatic carbocycles. The zero-order valence-corrected chi connectivity index (χ0v) is 13.7. The van der Waals surface area contributed by atoms with Crippen molar-refractivity contribution in [1.29, 1.82) is 0 Å². The van der Waals surface area contributed by atoms with E-state index in [-0.39, 0.29) is 0 Å². The number of para-hydroxylation sites is 1. The second-order valence-corrected chi connectivity index (χ2v) is 5.02. The van der Waals surface area contributed by atoms with Crippen LogP contribution in [0.25, 0.3) is 0 Å². The lowest BCUT2D eigenvalue weighted by Gasteiger charge is -2.09. The molecule has 0 aliphatic rings. The molecule has 0 aromatic heterocycles. The van der Waals surface area contributed by atoms with E-state index in [0.29, 0.717) is 13.2 Å². The van der Waals surface area contributed by atoms with E-state index < -0.39 is 0 Å². The molecular formula is C19H25NO3. The van der Waals surface area contributed by atoms with Gasteiger partial charge in [-0.15, -0.1) is 0 Å². The van der Waals surface area contributed by atoms with E-state index in [1.165, 1.54) is 0 Å². The van der Waals surface area contributed by atoms with Crippen molar-refractivity contribution < 1.29 is 14.2 Å². The van der Waals surface area contributed by atoms with E-state index in [2.05, 4.69) is 5.32 Å². The molecule has 4 nitrogen and oxygen atoms in total. The summed E-state index contributed by atoms with van der Waals surface area (Å²) in [6, 6.07) is 17.6. The highest BCUT2D eigenvalue weighted by molar-refractivity contribution is 5.31. The van der Waals surface area contributed by atoms with Gasteiger partial charge in [0.1, 0.15) is 23.9 Å². The Morgan fingerprint density at radius 3 is 2.00 bits per heavy atom. The van der Waals surface area contributed by atoms with Crippen LogP contribution in [-0.2, 0) is 0 Å². The minimum Gasteiger partial charge on any atom is -0.494 e. The molecule has 4 heteroatoms. The van der Waals surface area contributed by atoms with Crippen LogP contribution in [0.15, 0.2) is 54.6 Å². The van der Waals surface area contributed by atoms with Crippen molar-refractivity contribution in [2.75, 3.05) is 32.9 Å². The molecule has 0 unspecified atom stereocenters. The first-order chi connectivity index (χ1) is 11.4. The smallest absolute Gasteiger partial charge is 0.119 e. The SMILES string of the molecule is CCOc1ccc(OCCNCCCOc2ccccc2)cc1. The Morgan fingerprint density at radius 1 is 0.696 bits per heavy atom. The first-order valence-electron chi connectivity index (χ1n) is 8.12. The lowest BCUT2D eigenvalue weighted by Crippen LogP contribution is -2.23. The predicted octanol–water partition coefficient (Wildman–Crippen LogP) is 3.52. The first kappa shape index (κ1) is 17.2. The highest BCUT2D eigenvalue weighted by atomic mass is 16.5. The largest absolute Gasteiger partial charge is 0.494 e. The van der Waals surface area contributed by atoms with E-state index in [0.717, 1.165) is 43.4 Å². The van der Waals surface area contributed by atoms with E-state index in [4.69, 9.17) is 14.2 Å². The van der Waals surface area contributed by atoms with E-state index in [1.807, 2.05) is 61.5 Å². The minimum absolute atomic E-state index is 0.646. The zero-order chi connectivity index (χ0) is 16.2. The van der Waals surface area contributed by atoms with Crippen molar-refractivity contribution in [3.8, 4) is 17.2 Å². The second-order valence-electron chi connectivity index (χ2n) is 5.02. The Kier molecular flexibility index (Phi) is 7.84. The predicted molar refractivity (Wildman–Crippen MR) is 92.5 cm³/mol. The standard InChI is InChI=1S/C19H25NO3/c1-2-21-18-9-11-19(12-10-18)23-16-14-20-13-6-15-22-17-7-4-3-5-8-17/h3-5,7-12,20H,2,6,13-16H2,1H3. The Hall–Kier alpha value is -2.20. The second kappa shape index (κ2) is 10.5. The summed E-state index contributed by atoms with van der Waals surface area (Å²) in [5.41, 5.74) is 0. The van der Waals surface area contributed by atoms with Crippen LogP contribution in [0.5, 0.6) is 17.2 Å². The Bertz CT molecular complexity index is 528. The first-order valence-corrected chi connectivity index (χ1v) is 8.12. The summed E-state index contributed by atoms with van der Waals surface area (Å²) >= 11 is 0. The highest BCUT2D eigenvalue weighted by Gasteiger charge is 1.96. The van der Waals surface area contributed by atoms with E-state index in [1.54, 1.807) is 0 Å². The van der Waals surface area contributed by atoms with Crippen LogP contribution in [0.1, 0.15) is 13.3 Å². The third-order valence-corrected chi connectivity index (χ3v) is 3.19. The molecule has 0 saturated heterocycles. The van der Waals surface area contributed by atoms with E-state index in [9.17, 15) is 0 Å². The summed E-state index contributed by atoms with van der Waals surface area (Å²) in [5, 5.41) is 3.34. The van der Waals surface area contributed by atoms with Crippen molar-refractivity contribution >= 4 is 0 Å². The van der Waals surface area contributed by atoms with Gasteiger partial charge in [-0.05, 0) is 56.3 Å². The van der Waals surface area contributed by atoms with Crippen LogP contribution >= 0.6 is 0 Å². The average Bonchev–Trinajstić information content (AvgIpc) is 2.60. The van der Waals surface area contributed by atoms with Crippen molar-refractivity contribution in [3.05, 3.63) is 54.6 Å². The van der Waals surface area contributed by atoms with Gasteiger partial charge in [-0.3, -0.25) is 0 Å². The summed E-state index contributed by atoms with van der Waals surface area (Å²) in [4.78, 5) is 0. The summed E-state index contributed by atoms with van der Waals surface area (Å²) in [6.45, 7) is 5.75. The number of ether oxygens (including phenoxy) is 3. The fraction of sp³-hybridized carbons (Fsp3) is 0.368. The molecule has 0 fully saturated rings. The van der Waals surface area contributed by atoms with Gasteiger partial charge in [0.25, 0.3) is 0 Å². The number of rotatable bonds is 11. The number of hydrogen-bond donors (Lipinski definition) is 1. The average molecular weight is 315 g/mol. The molecule has 2 rings (SSSR count). The fourth-order valence-electron chi connectivity index (χ4n) is 2.07. The monoisotopic (exact) mass is 315 g/mol. The van der Waals surface area contributed by atoms with Crippen LogP contribution in [0.3, 0.4) is 0 Å². The topological polar surface area (TPSA) is 39.7 Å². The van der Waals surface area contributed by atoms with Crippen molar-refractivity contribution in [1.82, 2.24) is 5.32 Å². The number of benzene rings is 2. The Labute approximate surface area is 138 Å². The van der Waals surface area contributed by atoms with Gasteiger partial charge in [-0.2, -0.15) is 0 Å². The highest BCUT2D eigenvalue weighted by Crippen LogP contribution is 2.17. The normalized spacial score (nSPS) is 10.3. The Balaban J connectivity index is 1.47. The summed E-state index contributed by atoms with van der Waals surface area (Å²) in [7, 11) is 0. The molecular weight excluding hydrogens is 290 g/mol. The summed E-state index contributed by atoms with van der Waals surface area (Å²) < 4.78 is 16.7. The molecule has 0 aliphatic carbocycles. The molecule has 0 amide bonds. The molecule has 0 saturated carbocycles. The number of hydrogen-bond acceptors (Lipinski definition) is 4. The molecule has 0 heterocycles.